The number of hydrogen-bond acceptors (Lipinski definition) is 1. The highest BCUT2D eigenvalue weighted by atomic mass is 15.1. The zero-order chi connectivity index (χ0) is 43.7. The van der Waals surface area contributed by atoms with Crippen molar-refractivity contribution in [3.8, 4) is 33.4 Å². The summed E-state index contributed by atoms with van der Waals surface area (Å²) in [4.78, 5) is 2.47. The third-order valence-corrected chi connectivity index (χ3v) is 15.5. The van der Waals surface area contributed by atoms with E-state index in [9.17, 15) is 0 Å². The van der Waals surface area contributed by atoms with Crippen LogP contribution >= 0.6 is 0 Å². The van der Waals surface area contributed by atoms with Gasteiger partial charge in [-0.15, -0.1) is 0 Å². The van der Waals surface area contributed by atoms with Gasteiger partial charge < -0.3 is 4.90 Å². The predicted octanol–water partition coefficient (Wildman–Crippen LogP) is 16.9. The maximum atomic E-state index is 2.53. The zero-order valence-corrected chi connectivity index (χ0v) is 37.0. The highest BCUT2D eigenvalue weighted by molar-refractivity contribution is 6.09. The monoisotopic (exact) mass is 839 g/mol. The molecule has 310 valence electrons. The third-order valence-electron chi connectivity index (χ3n) is 15.5. The molecule has 0 saturated heterocycles. The molecule has 11 aromatic rings. The van der Waals surface area contributed by atoms with Crippen molar-refractivity contribution in [1.29, 1.82) is 0 Å². The summed E-state index contributed by atoms with van der Waals surface area (Å²) < 4.78 is 0. The van der Waals surface area contributed by atoms with Crippen LogP contribution in [0.3, 0.4) is 0 Å². The van der Waals surface area contributed by atoms with E-state index in [1.54, 1.807) is 0 Å². The SMILES string of the molecule is CC1(C)c2ccccc2-c2ccc(-c3ccc(N(c4ccc(-c5ccccc5)cc4)c4cc5c6c(cccc6c4)C54c5cccc6cccc(c56)Cc5cccc6cccc4c56)cc3)cc21. The fourth-order valence-electron chi connectivity index (χ4n) is 12.5. The first-order chi connectivity index (χ1) is 32.5. The zero-order valence-electron chi connectivity index (χ0n) is 37.0. The molecule has 0 aromatic heterocycles. The van der Waals surface area contributed by atoms with Crippen LogP contribution in [0, 0.1) is 0 Å². The van der Waals surface area contributed by atoms with Gasteiger partial charge in [0.05, 0.1) is 5.41 Å². The second-order valence-corrected chi connectivity index (χ2v) is 19.2. The molecule has 1 heteroatoms. The van der Waals surface area contributed by atoms with E-state index in [0.717, 1.165) is 23.5 Å². The molecular formula is C65H45N. The lowest BCUT2D eigenvalue weighted by Crippen LogP contribution is -2.39. The maximum absolute atomic E-state index is 2.53. The lowest BCUT2D eigenvalue weighted by Gasteiger charge is -2.48. The molecule has 3 aliphatic carbocycles. The predicted molar refractivity (Wildman–Crippen MR) is 277 cm³/mol. The summed E-state index contributed by atoms with van der Waals surface area (Å²) in [5, 5.41) is 7.97. The molecule has 1 nitrogen and oxygen atoms in total. The Morgan fingerprint density at radius 3 is 1.44 bits per heavy atom. The number of anilines is 3. The minimum Gasteiger partial charge on any atom is -0.310 e. The first-order valence-corrected chi connectivity index (χ1v) is 23.4. The van der Waals surface area contributed by atoms with Crippen LogP contribution in [0.15, 0.2) is 224 Å². The minimum absolute atomic E-state index is 0.0573. The molecule has 0 atom stereocenters. The highest BCUT2D eigenvalue weighted by Gasteiger charge is 2.50. The van der Waals surface area contributed by atoms with Crippen molar-refractivity contribution in [3.63, 3.8) is 0 Å². The molecule has 66 heavy (non-hydrogen) atoms. The van der Waals surface area contributed by atoms with Gasteiger partial charge in [-0.1, -0.05) is 196 Å². The lowest BCUT2D eigenvalue weighted by molar-refractivity contribution is 0.660. The molecule has 11 aromatic carbocycles. The first kappa shape index (κ1) is 37.4. The van der Waals surface area contributed by atoms with Gasteiger partial charge in [0.1, 0.15) is 0 Å². The summed E-state index contributed by atoms with van der Waals surface area (Å²) in [7, 11) is 0. The number of nitrogens with zero attached hydrogens (tertiary/aromatic N) is 1. The molecule has 0 bridgehead atoms. The van der Waals surface area contributed by atoms with Gasteiger partial charge in [-0.25, -0.2) is 0 Å². The molecule has 0 fully saturated rings. The van der Waals surface area contributed by atoms with Gasteiger partial charge in [-0.05, 0) is 159 Å². The van der Waals surface area contributed by atoms with E-state index >= 15 is 0 Å². The van der Waals surface area contributed by atoms with Crippen molar-refractivity contribution < 1.29 is 0 Å². The standard InChI is InChI=1S/C65H45N/c1-64(2)55-23-7-6-22-53(55)54-36-31-46(39-59(54)64)43-29-34-51(35-30-43)66(50-32-27-42(28-33-50)41-13-4-3-5-14-41)52-38-49-21-12-26-58-63(49)60(40-52)65(58)56-24-10-17-44-15-8-19-47(61(44)56)37-48-20-9-16-45-18-11-25-57(65)62(45)48/h3-36,38-40H,37H2,1-2H3. The molecule has 14 rings (SSSR count). The van der Waals surface area contributed by atoms with Crippen LogP contribution in [0.2, 0.25) is 0 Å². The molecule has 0 saturated carbocycles. The van der Waals surface area contributed by atoms with E-state index in [1.165, 1.54) is 110 Å². The quantitative estimate of drug-likeness (QED) is 0.167. The van der Waals surface area contributed by atoms with Gasteiger partial charge in [0.15, 0.2) is 0 Å². The van der Waals surface area contributed by atoms with E-state index < -0.39 is 5.41 Å². The van der Waals surface area contributed by atoms with Crippen LogP contribution in [0.5, 0.6) is 0 Å². The van der Waals surface area contributed by atoms with Crippen molar-refractivity contribution in [2.45, 2.75) is 31.1 Å². The average Bonchev–Trinajstić information content (AvgIpc) is 3.59. The Kier molecular flexibility index (Phi) is 7.79. The summed E-state index contributed by atoms with van der Waals surface area (Å²) in [6.07, 6.45) is 0.898. The van der Waals surface area contributed by atoms with Gasteiger partial charge in [-0.3, -0.25) is 0 Å². The fraction of sp³-hybridized carbons (Fsp3) is 0.0769. The summed E-state index contributed by atoms with van der Waals surface area (Å²) in [6, 6.07) is 84.8. The Bertz CT molecular complexity index is 3700. The molecule has 0 radical (unpaired) electrons. The Morgan fingerprint density at radius 1 is 0.318 bits per heavy atom. The Balaban J connectivity index is 0.977. The highest BCUT2D eigenvalue weighted by Crippen LogP contribution is 2.62. The Labute approximate surface area is 385 Å². The first-order valence-electron chi connectivity index (χ1n) is 23.4. The molecule has 0 heterocycles. The number of fused-ring (bicyclic) bond motifs is 7. The van der Waals surface area contributed by atoms with Crippen LogP contribution in [0.1, 0.15) is 58.4 Å². The van der Waals surface area contributed by atoms with Crippen molar-refractivity contribution in [2.75, 3.05) is 4.90 Å². The molecule has 0 aliphatic heterocycles. The van der Waals surface area contributed by atoms with Crippen molar-refractivity contribution in [1.82, 2.24) is 0 Å². The van der Waals surface area contributed by atoms with Crippen LogP contribution < -0.4 is 4.90 Å². The van der Waals surface area contributed by atoms with Crippen molar-refractivity contribution in [3.05, 3.63) is 269 Å². The van der Waals surface area contributed by atoms with Crippen molar-refractivity contribution >= 4 is 49.4 Å². The molecule has 3 aliphatic rings. The molecule has 1 spiro atoms. The molecular weight excluding hydrogens is 795 g/mol. The van der Waals surface area contributed by atoms with E-state index in [2.05, 4.69) is 243 Å². The Morgan fingerprint density at radius 2 is 0.803 bits per heavy atom. The number of hydrogen-bond donors (Lipinski definition) is 0. The van der Waals surface area contributed by atoms with Gasteiger partial charge in [-0.2, -0.15) is 0 Å². The van der Waals surface area contributed by atoms with E-state index in [4.69, 9.17) is 0 Å². The molecule has 0 unspecified atom stereocenters. The van der Waals surface area contributed by atoms with Gasteiger partial charge in [0, 0.05) is 22.5 Å². The normalized spacial score (nSPS) is 14.4. The summed E-state index contributed by atoms with van der Waals surface area (Å²) in [6.45, 7) is 4.72. The maximum Gasteiger partial charge on any atom is 0.0726 e. The van der Waals surface area contributed by atoms with Crippen LogP contribution in [0.4, 0.5) is 17.1 Å². The van der Waals surface area contributed by atoms with E-state index in [0.29, 0.717) is 0 Å². The van der Waals surface area contributed by atoms with E-state index in [1.807, 2.05) is 0 Å². The van der Waals surface area contributed by atoms with Gasteiger partial charge in [0.25, 0.3) is 0 Å². The van der Waals surface area contributed by atoms with E-state index in [-0.39, 0.29) is 5.41 Å². The van der Waals surface area contributed by atoms with Crippen LogP contribution in [-0.4, -0.2) is 0 Å². The summed E-state index contributed by atoms with van der Waals surface area (Å²) >= 11 is 0. The second-order valence-electron chi connectivity index (χ2n) is 19.2. The largest absolute Gasteiger partial charge is 0.310 e. The number of benzene rings is 11. The topological polar surface area (TPSA) is 3.24 Å². The lowest BCUT2D eigenvalue weighted by atomic mass is 9.54. The summed E-state index contributed by atoms with van der Waals surface area (Å²) in [5.41, 5.74) is 21.5. The number of rotatable bonds is 5. The molecule has 0 N–H and O–H groups in total. The second kappa shape index (κ2) is 13.8. The smallest absolute Gasteiger partial charge is 0.0726 e. The fourth-order valence-corrected chi connectivity index (χ4v) is 12.5. The van der Waals surface area contributed by atoms with Gasteiger partial charge in [0.2, 0.25) is 0 Å². The third kappa shape index (κ3) is 5.11. The van der Waals surface area contributed by atoms with Gasteiger partial charge >= 0.3 is 0 Å². The Hall–Kier alpha value is -8.00. The van der Waals surface area contributed by atoms with Crippen LogP contribution in [0.25, 0.3) is 65.7 Å². The summed E-state index contributed by atoms with van der Waals surface area (Å²) in [5.74, 6) is 0. The van der Waals surface area contributed by atoms with Crippen LogP contribution in [-0.2, 0) is 17.3 Å². The minimum atomic E-state index is -0.482. The van der Waals surface area contributed by atoms with Crippen molar-refractivity contribution in [2.24, 2.45) is 0 Å². The molecule has 0 amide bonds. The average molecular weight is 840 g/mol.